The van der Waals surface area contributed by atoms with Gasteiger partial charge in [0.05, 0.1) is 0 Å². The van der Waals surface area contributed by atoms with Crippen molar-refractivity contribution in [2.24, 2.45) is 0 Å². The Morgan fingerprint density at radius 2 is 1.67 bits per heavy atom. The highest BCUT2D eigenvalue weighted by molar-refractivity contribution is 5.26. The van der Waals surface area contributed by atoms with E-state index in [0.29, 0.717) is 5.75 Å². The van der Waals surface area contributed by atoms with Crippen LogP contribution in [0.15, 0.2) is 24.3 Å². The lowest BCUT2D eigenvalue weighted by Gasteiger charge is -2.31. The van der Waals surface area contributed by atoms with Gasteiger partial charge in [-0.3, -0.25) is 0 Å². The maximum atomic E-state index is 9.15. The number of rotatable bonds is 3. The highest BCUT2D eigenvalue weighted by Gasteiger charge is 2.15. The van der Waals surface area contributed by atoms with Gasteiger partial charge in [-0.15, -0.1) is 0 Å². The van der Waals surface area contributed by atoms with E-state index in [2.05, 4.69) is 32.7 Å². The maximum absolute atomic E-state index is 9.15. The Morgan fingerprint density at radius 1 is 1.13 bits per heavy atom. The predicted molar refractivity (Wildman–Crippen MR) is 64.2 cm³/mol. The third kappa shape index (κ3) is 3.92. The van der Waals surface area contributed by atoms with E-state index in [9.17, 15) is 0 Å². The molecule has 0 saturated carbocycles. The number of hydrogen-bond acceptors (Lipinski definition) is 2. The summed E-state index contributed by atoms with van der Waals surface area (Å²) in [7, 11) is 2.14. The summed E-state index contributed by atoms with van der Waals surface area (Å²) < 4.78 is 0. The molecule has 84 valence electrons. The summed E-state index contributed by atoms with van der Waals surface area (Å²) in [5.41, 5.74) is 1.49. The number of nitrogens with zero attached hydrogens (tertiary/aromatic N) is 1. The Balaban J connectivity index is 2.47. The molecule has 2 heteroatoms. The molecule has 0 unspecified atom stereocenters. The van der Waals surface area contributed by atoms with Crippen molar-refractivity contribution in [3.05, 3.63) is 29.8 Å². The Kier molecular flexibility index (Phi) is 3.75. The van der Waals surface area contributed by atoms with Gasteiger partial charge in [-0.2, -0.15) is 0 Å². The van der Waals surface area contributed by atoms with Crippen molar-refractivity contribution in [1.82, 2.24) is 4.90 Å². The molecule has 1 aromatic carbocycles. The number of phenols is 1. The summed E-state index contributed by atoms with van der Waals surface area (Å²) in [4.78, 5) is 2.33. The van der Waals surface area contributed by atoms with Crippen molar-refractivity contribution in [2.75, 3.05) is 13.6 Å². The van der Waals surface area contributed by atoms with Gasteiger partial charge in [-0.1, -0.05) is 12.1 Å². The summed E-state index contributed by atoms with van der Waals surface area (Å²) in [6.07, 6.45) is 1.02. The summed E-state index contributed by atoms with van der Waals surface area (Å²) in [5, 5.41) is 9.15. The van der Waals surface area contributed by atoms with Crippen LogP contribution in [0.25, 0.3) is 0 Å². The van der Waals surface area contributed by atoms with Crippen LogP contribution in [0.4, 0.5) is 0 Å². The van der Waals surface area contributed by atoms with Gasteiger partial charge in [-0.25, -0.2) is 0 Å². The standard InChI is InChI=1S/C13H21NO/c1-13(2,3)14(4)10-9-11-5-7-12(15)8-6-11/h5-8,15H,9-10H2,1-4H3. The predicted octanol–water partition coefficient (Wildman–Crippen LogP) is 2.67. The molecule has 1 aromatic rings. The first kappa shape index (κ1) is 12.1. The second-order valence-electron chi connectivity index (χ2n) is 5.01. The minimum Gasteiger partial charge on any atom is -0.508 e. The van der Waals surface area contributed by atoms with Crippen LogP contribution in [0, 0.1) is 0 Å². The van der Waals surface area contributed by atoms with Gasteiger partial charge >= 0.3 is 0 Å². The van der Waals surface area contributed by atoms with Crippen LogP contribution >= 0.6 is 0 Å². The van der Waals surface area contributed by atoms with E-state index in [1.807, 2.05) is 12.1 Å². The van der Waals surface area contributed by atoms with Gasteiger partial charge in [0.2, 0.25) is 0 Å². The fourth-order valence-corrected chi connectivity index (χ4v) is 1.29. The molecular formula is C13H21NO. The highest BCUT2D eigenvalue weighted by Crippen LogP contribution is 2.13. The van der Waals surface area contributed by atoms with Gasteiger partial charge in [0.1, 0.15) is 5.75 Å². The average Bonchev–Trinajstić information content (AvgIpc) is 2.15. The quantitative estimate of drug-likeness (QED) is 0.823. The molecule has 0 amide bonds. The van der Waals surface area contributed by atoms with Crippen LogP contribution in [0.2, 0.25) is 0 Å². The van der Waals surface area contributed by atoms with E-state index in [1.165, 1.54) is 5.56 Å². The van der Waals surface area contributed by atoms with Crippen LogP contribution in [0.1, 0.15) is 26.3 Å². The van der Waals surface area contributed by atoms with E-state index in [1.54, 1.807) is 12.1 Å². The lowest BCUT2D eigenvalue weighted by molar-refractivity contribution is 0.178. The van der Waals surface area contributed by atoms with Gasteiger partial charge in [0, 0.05) is 12.1 Å². The first-order valence-electron chi connectivity index (χ1n) is 5.39. The molecule has 0 saturated heterocycles. The lowest BCUT2D eigenvalue weighted by Crippen LogP contribution is -2.39. The third-order valence-corrected chi connectivity index (χ3v) is 2.82. The third-order valence-electron chi connectivity index (χ3n) is 2.82. The molecule has 15 heavy (non-hydrogen) atoms. The van der Waals surface area contributed by atoms with Gasteiger partial charge in [-0.05, 0) is 51.9 Å². The Morgan fingerprint density at radius 3 is 2.13 bits per heavy atom. The van der Waals surface area contributed by atoms with Crippen LogP contribution in [0.3, 0.4) is 0 Å². The van der Waals surface area contributed by atoms with E-state index in [0.717, 1.165) is 13.0 Å². The smallest absolute Gasteiger partial charge is 0.115 e. The summed E-state index contributed by atoms with van der Waals surface area (Å²) in [5.74, 6) is 0.336. The van der Waals surface area contributed by atoms with Gasteiger partial charge < -0.3 is 10.0 Å². The Hall–Kier alpha value is -1.02. The van der Waals surface area contributed by atoms with Crippen molar-refractivity contribution < 1.29 is 5.11 Å². The van der Waals surface area contributed by atoms with Crippen LogP contribution in [0.5, 0.6) is 5.75 Å². The molecule has 1 rings (SSSR count). The zero-order valence-corrected chi connectivity index (χ0v) is 10.1. The van der Waals surface area contributed by atoms with Crippen molar-refractivity contribution in [2.45, 2.75) is 32.7 Å². The molecule has 0 fully saturated rings. The summed E-state index contributed by atoms with van der Waals surface area (Å²) in [6, 6.07) is 7.44. The fourth-order valence-electron chi connectivity index (χ4n) is 1.29. The van der Waals surface area contributed by atoms with E-state index in [4.69, 9.17) is 5.11 Å². The van der Waals surface area contributed by atoms with E-state index >= 15 is 0 Å². The van der Waals surface area contributed by atoms with Gasteiger partial charge in [0.15, 0.2) is 0 Å². The molecule has 0 aliphatic heterocycles. The number of likely N-dealkylation sites (N-methyl/N-ethyl adjacent to an activating group) is 1. The monoisotopic (exact) mass is 207 g/mol. The molecule has 0 spiro atoms. The molecule has 0 aliphatic carbocycles. The minimum absolute atomic E-state index is 0.219. The number of hydrogen-bond donors (Lipinski definition) is 1. The lowest BCUT2D eigenvalue weighted by atomic mass is 10.1. The molecule has 2 nitrogen and oxygen atoms in total. The normalized spacial score (nSPS) is 12.1. The SMILES string of the molecule is CN(CCc1ccc(O)cc1)C(C)(C)C. The maximum Gasteiger partial charge on any atom is 0.115 e. The minimum atomic E-state index is 0.219. The number of aromatic hydroxyl groups is 1. The molecule has 0 aliphatic rings. The first-order chi connectivity index (χ1) is 6.89. The second kappa shape index (κ2) is 4.67. The fraction of sp³-hybridized carbons (Fsp3) is 0.538. The largest absolute Gasteiger partial charge is 0.508 e. The first-order valence-corrected chi connectivity index (χ1v) is 5.39. The van der Waals surface area contributed by atoms with Crippen molar-refractivity contribution in [1.29, 1.82) is 0 Å². The molecule has 1 N–H and O–H groups in total. The summed E-state index contributed by atoms with van der Waals surface area (Å²) >= 11 is 0. The molecule has 0 atom stereocenters. The highest BCUT2D eigenvalue weighted by atomic mass is 16.3. The van der Waals surface area contributed by atoms with Crippen molar-refractivity contribution in [3.8, 4) is 5.75 Å². The van der Waals surface area contributed by atoms with Gasteiger partial charge in [0.25, 0.3) is 0 Å². The molecular weight excluding hydrogens is 186 g/mol. The van der Waals surface area contributed by atoms with Crippen LogP contribution in [-0.2, 0) is 6.42 Å². The van der Waals surface area contributed by atoms with Crippen LogP contribution in [-0.4, -0.2) is 29.1 Å². The molecule has 0 heterocycles. The van der Waals surface area contributed by atoms with Crippen molar-refractivity contribution >= 4 is 0 Å². The number of benzene rings is 1. The van der Waals surface area contributed by atoms with Crippen molar-refractivity contribution in [3.63, 3.8) is 0 Å². The summed E-state index contributed by atoms with van der Waals surface area (Å²) in [6.45, 7) is 7.67. The second-order valence-corrected chi connectivity index (χ2v) is 5.01. The Bertz CT molecular complexity index is 297. The Labute approximate surface area is 92.5 Å². The molecule has 0 aromatic heterocycles. The average molecular weight is 207 g/mol. The number of phenolic OH excluding ortho intramolecular Hbond substituents is 1. The molecule has 0 radical (unpaired) electrons. The zero-order chi connectivity index (χ0) is 11.5. The van der Waals surface area contributed by atoms with Crippen LogP contribution < -0.4 is 0 Å². The zero-order valence-electron chi connectivity index (χ0n) is 10.1. The van der Waals surface area contributed by atoms with E-state index < -0.39 is 0 Å². The molecule has 0 bridgehead atoms. The topological polar surface area (TPSA) is 23.5 Å². The van der Waals surface area contributed by atoms with E-state index in [-0.39, 0.29) is 5.54 Å².